The predicted octanol–water partition coefficient (Wildman–Crippen LogP) is 0.713. The SMILES string of the molecule is CCC(O)CCNCCc1cnn(C)c1. The van der Waals surface area contributed by atoms with E-state index in [2.05, 4.69) is 10.4 Å². The van der Waals surface area contributed by atoms with Gasteiger partial charge in [-0.2, -0.15) is 5.10 Å². The molecule has 1 atom stereocenters. The summed E-state index contributed by atoms with van der Waals surface area (Å²) in [7, 11) is 1.93. The van der Waals surface area contributed by atoms with Crippen molar-refractivity contribution in [2.75, 3.05) is 13.1 Å². The van der Waals surface area contributed by atoms with Crippen LogP contribution in [0.2, 0.25) is 0 Å². The molecule has 0 aliphatic heterocycles. The van der Waals surface area contributed by atoms with Crippen molar-refractivity contribution in [1.82, 2.24) is 15.1 Å². The maximum atomic E-state index is 9.32. The van der Waals surface area contributed by atoms with Crippen LogP contribution in [-0.2, 0) is 13.5 Å². The molecule has 0 fully saturated rings. The van der Waals surface area contributed by atoms with Gasteiger partial charge in [-0.15, -0.1) is 0 Å². The topological polar surface area (TPSA) is 50.1 Å². The monoisotopic (exact) mass is 211 g/mol. The fourth-order valence-corrected chi connectivity index (χ4v) is 1.43. The van der Waals surface area contributed by atoms with E-state index in [4.69, 9.17) is 0 Å². The molecule has 1 rings (SSSR count). The number of nitrogens with one attached hydrogen (secondary N) is 1. The quantitative estimate of drug-likeness (QED) is 0.653. The molecule has 86 valence electrons. The molecular formula is C11H21N3O. The van der Waals surface area contributed by atoms with E-state index in [0.29, 0.717) is 0 Å². The Bertz CT molecular complexity index is 273. The van der Waals surface area contributed by atoms with Crippen LogP contribution in [0, 0.1) is 0 Å². The standard InChI is InChI=1S/C11H21N3O/c1-3-11(15)5-7-12-6-4-10-8-13-14(2)9-10/h8-9,11-12,15H,3-7H2,1-2H3. The van der Waals surface area contributed by atoms with Crippen molar-refractivity contribution in [3.8, 4) is 0 Å². The first kappa shape index (κ1) is 12.2. The van der Waals surface area contributed by atoms with Crippen molar-refractivity contribution < 1.29 is 5.11 Å². The third-order valence-corrected chi connectivity index (χ3v) is 2.47. The van der Waals surface area contributed by atoms with Gasteiger partial charge in [0, 0.05) is 13.2 Å². The van der Waals surface area contributed by atoms with Crippen LogP contribution < -0.4 is 5.32 Å². The summed E-state index contributed by atoms with van der Waals surface area (Å²) in [4.78, 5) is 0. The normalized spacial score (nSPS) is 13.0. The highest BCUT2D eigenvalue weighted by Gasteiger charge is 1.99. The Kier molecular flexibility index (Phi) is 5.36. The third kappa shape index (κ3) is 4.95. The second kappa shape index (κ2) is 6.58. The van der Waals surface area contributed by atoms with Crippen molar-refractivity contribution in [3.63, 3.8) is 0 Å². The molecule has 0 radical (unpaired) electrons. The maximum Gasteiger partial charge on any atom is 0.0549 e. The number of aliphatic hydroxyl groups excluding tert-OH is 1. The molecule has 15 heavy (non-hydrogen) atoms. The molecular weight excluding hydrogens is 190 g/mol. The zero-order valence-corrected chi connectivity index (χ0v) is 9.61. The van der Waals surface area contributed by atoms with Gasteiger partial charge in [0.05, 0.1) is 12.3 Å². The minimum absolute atomic E-state index is 0.157. The largest absolute Gasteiger partial charge is 0.393 e. The summed E-state index contributed by atoms with van der Waals surface area (Å²) < 4.78 is 1.82. The molecule has 0 aromatic carbocycles. The van der Waals surface area contributed by atoms with Crippen molar-refractivity contribution in [2.24, 2.45) is 7.05 Å². The van der Waals surface area contributed by atoms with E-state index < -0.39 is 0 Å². The Hall–Kier alpha value is -0.870. The number of aliphatic hydroxyl groups is 1. The Morgan fingerprint density at radius 2 is 2.33 bits per heavy atom. The fourth-order valence-electron chi connectivity index (χ4n) is 1.43. The number of hydrogen-bond donors (Lipinski definition) is 2. The van der Waals surface area contributed by atoms with Crippen LogP contribution in [0.1, 0.15) is 25.3 Å². The summed E-state index contributed by atoms with van der Waals surface area (Å²) in [5.74, 6) is 0. The molecule has 4 nitrogen and oxygen atoms in total. The van der Waals surface area contributed by atoms with Crippen LogP contribution in [0.3, 0.4) is 0 Å². The first-order valence-corrected chi connectivity index (χ1v) is 5.58. The maximum absolute atomic E-state index is 9.32. The average Bonchev–Trinajstić information content (AvgIpc) is 2.63. The van der Waals surface area contributed by atoms with E-state index in [1.54, 1.807) is 0 Å². The lowest BCUT2D eigenvalue weighted by Crippen LogP contribution is -2.22. The number of rotatable bonds is 7. The summed E-state index contributed by atoms with van der Waals surface area (Å²) in [5.41, 5.74) is 1.25. The highest BCUT2D eigenvalue weighted by molar-refractivity contribution is 5.03. The lowest BCUT2D eigenvalue weighted by atomic mass is 10.2. The zero-order chi connectivity index (χ0) is 11.1. The molecule has 0 aliphatic carbocycles. The highest BCUT2D eigenvalue weighted by atomic mass is 16.3. The van der Waals surface area contributed by atoms with E-state index in [1.165, 1.54) is 5.56 Å². The minimum Gasteiger partial charge on any atom is -0.393 e. The minimum atomic E-state index is -0.157. The molecule has 0 aliphatic rings. The van der Waals surface area contributed by atoms with Gasteiger partial charge in [0.25, 0.3) is 0 Å². The summed E-state index contributed by atoms with van der Waals surface area (Å²) >= 11 is 0. The van der Waals surface area contributed by atoms with Crippen LogP contribution >= 0.6 is 0 Å². The number of nitrogens with zero attached hydrogens (tertiary/aromatic N) is 2. The third-order valence-electron chi connectivity index (χ3n) is 2.47. The summed E-state index contributed by atoms with van der Waals surface area (Å²) in [5, 5.41) is 16.7. The Morgan fingerprint density at radius 1 is 1.53 bits per heavy atom. The molecule has 0 saturated carbocycles. The predicted molar refractivity (Wildman–Crippen MR) is 60.7 cm³/mol. The lowest BCUT2D eigenvalue weighted by molar-refractivity contribution is 0.160. The zero-order valence-electron chi connectivity index (χ0n) is 9.61. The van der Waals surface area contributed by atoms with E-state index >= 15 is 0 Å². The summed E-state index contributed by atoms with van der Waals surface area (Å²) in [6.45, 7) is 3.83. The Morgan fingerprint density at radius 3 is 2.93 bits per heavy atom. The Balaban J connectivity index is 2.02. The number of aromatic nitrogens is 2. The van der Waals surface area contributed by atoms with Crippen LogP contribution in [0.15, 0.2) is 12.4 Å². The van der Waals surface area contributed by atoms with E-state index in [1.807, 2.05) is 31.0 Å². The Labute approximate surface area is 91.3 Å². The van der Waals surface area contributed by atoms with Crippen molar-refractivity contribution >= 4 is 0 Å². The van der Waals surface area contributed by atoms with Crippen LogP contribution in [0.5, 0.6) is 0 Å². The van der Waals surface area contributed by atoms with Gasteiger partial charge in [0.15, 0.2) is 0 Å². The van der Waals surface area contributed by atoms with Gasteiger partial charge in [0.2, 0.25) is 0 Å². The highest BCUT2D eigenvalue weighted by Crippen LogP contribution is 1.97. The molecule has 1 aromatic heterocycles. The smallest absolute Gasteiger partial charge is 0.0549 e. The second-order valence-corrected chi connectivity index (χ2v) is 3.87. The lowest BCUT2D eigenvalue weighted by Gasteiger charge is -2.07. The summed E-state index contributed by atoms with van der Waals surface area (Å²) in [6.07, 6.45) is 6.44. The van der Waals surface area contributed by atoms with Crippen molar-refractivity contribution in [1.29, 1.82) is 0 Å². The van der Waals surface area contributed by atoms with Gasteiger partial charge >= 0.3 is 0 Å². The van der Waals surface area contributed by atoms with Crippen molar-refractivity contribution in [3.05, 3.63) is 18.0 Å². The van der Waals surface area contributed by atoms with Crippen molar-refractivity contribution in [2.45, 2.75) is 32.3 Å². The van der Waals surface area contributed by atoms with Gasteiger partial charge in [-0.1, -0.05) is 6.92 Å². The van der Waals surface area contributed by atoms with E-state index in [-0.39, 0.29) is 6.10 Å². The molecule has 0 spiro atoms. The number of hydrogen-bond acceptors (Lipinski definition) is 3. The molecule has 0 bridgehead atoms. The first-order valence-electron chi connectivity index (χ1n) is 5.58. The number of aryl methyl sites for hydroxylation is 1. The molecule has 1 unspecified atom stereocenters. The van der Waals surface area contributed by atoms with Crippen LogP contribution in [-0.4, -0.2) is 34.1 Å². The molecule has 1 aromatic rings. The molecule has 0 amide bonds. The molecule has 0 saturated heterocycles. The van der Waals surface area contributed by atoms with E-state index in [0.717, 1.165) is 32.4 Å². The van der Waals surface area contributed by atoms with Gasteiger partial charge in [-0.05, 0) is 37.9 Å². The van der Waals surface area contributed by atoms with Gasteiger partial charge in [0.1, 0.15) is 0 Å². The molecule has 2 N–H and O–H groups in total. The first-order chi connectivity index (χ1) is 7.22. The molecule has 4 heteroatoms. The average molecular weight is 211 g/mol. The van der Waals surface area contributed by atoms with Gasteiger partial charge < -0.3 is 10.4 Å². The van der Waals surface area contributed by atoms with Gasteiger partial charge in [-0.3, -0.25) is 4.68 Å². The fraction of sp³-hybridized carbons (Fsp3) is 0.727. The van der Waals surface area contributed by atoms with E-state index in [9.17, 15) is 5.11 Å². The van der Waals surface area contributed by atoms with Crippen LogP contribution in [0.4, 0.5) is 0 Å². The summed E-state index contributed by atoms with van der Waals surface area (Å²) in [6, 6.07) is 0. The second-order valence-electron chi connectivity index (χ2n) is 3.87. The molecule has 1 heterocycles. The van der Waals surface area contributed by atoms with Gasteiger partial charge in [-0.25, -0.2) is 0 Å². The van der Waals surface area contributed by atoms with Crippen LogP contribution in [0.25, 0.3) is 0 Å².